The lowest BCUT2D eigenvalue weighted by molar-refractivity contribution is -0.150. The summed E-state index contributed by atoms with van der Waals surface area (Å²) < 4.78 is 10.6. The molecular weight excluding hydrogens is 290 g/mol. The lowest BCUT2D eigenvalue weighted by Gasteiger charge is -2.34. The van der Waals surface area contributed by atoms with Crippen LogP contribution in [-0.4, -0.2) is 19.7 Å². The summed E-state index contributed by atoms with van der Waals surface area (Å²) >= 11 is 0. The Morgan fingerprint density at radius 1 is 1.30 bits per heavy atom. The number of rotatable bonds is 9. The van der Waals surface area contributed by atoms with Crippen LogP contribution in [0.1, 0.15) is 52.0 Å². The molecule has 0 unspecified atom stereocenters. The summed E-state index contributed by atoms with van der Waals surface area (Å²) in [6, 6.07) is 9.93. The van der Waals surface area contributed by atoms with Gasteiger partial charge in [0.05, 0.1) is 31.1 Å². The normalized spacial score (nSPS) is 14.4. The summed E-state index contributed by atoms with van der Waals surface area (Å²) in [6.45, 7) is 6.16. The van der Waals surface area contributed by atoms with E-state index in [4.69, 9.17) is 9.47 Å². The van der Waals surface area contributed by atoms with Gasteiger partial charge in [0, 0.05) is 0 Å². The average molecular weight is 317 g/mol. The van der Waals surface area contributed by atoms with E-state index in [0.29, 0.717) is 25.2 Å². The summed E-state index contributed by atoms with van der Waals surface area (Å²) in [5.74, 6) is -0.0611. The Balaban J connectivity index is 3.43. The molecule has 0 spiro atoms. The van der Waals surface area contributed by atoms with Gasteiger partial charge in [-0.2, -0.15) is 5.26 Å². The summed E-state index contributed by atoms with van der Waals surface area (Å²) in [4.78, 5) is 12.5. The molecule has 0 aromatic heterocycles. The topological polar surface area (TPSA) is 59.3 Å². The first-order valence-electron chi connectivity index (χ1n) is 8.31. The van der Waals surface area contributed by atoms with E-state index in [0.717, 1.165) is 18.4 Å². The van der Waals surface area contributed by atoms with Gasteiger partial charge < -0.3 is 9.47 Å². The Morgan fingerprint density at radius 2 is 2.04 bits per heavy atom. The van der Waals surface area contributed by atoms with Crippen LogP contribution < -0.4 is 4.74 Å². The van der Waals surface area contributed by atoms with Crippen LogP contribution in [0.4, 0.5) is 0 Å². The molecule has 0 aliphatic carbocycles. The summed E-state index contributed by atoms with van der Waals surface area (Å²) in [7, 11) is 1.60. The SMILES string of the molecule is CCC[C@@H](C(=O)OCC)[C@](C#N)(CCC)c1cccc(OC)c1. The molecule has 0 heterocycles. The first-order chi connectivity index (χ1) is 11.1. The minimum atomic E-state index is -0.883. The minimum absolute atomic E-state index is 0.285. The first-order valence-corrected chi connectivity index (χ1v) is 8.31. The molecule has 0 saturated heterocycles. The molecule has 0 bridgehead atoms. The molecule has 0 aliphatic heterocycles. The molecule has 1 aromatic carbocycles. The van der Waals surface area contributed by atoms with Gasteiger partial charge in [0.15, 0.2) is 0 Å². The molecule has 23 heavy (non-hydrogen) atoms. The predicted molar refractivity (Wildman–Crippen MR) is 90.2 cm³/mol. The average Bonchev–Trinajstić information content (AvgIpc) is 2.58. The second-order valence-corrected chi connectivity index (χ2v) is 5.66. The number of hydrogen-bond acceptors (Lipinski definition) is 4. The van der Waals surface area contributed by atoms with Crippen molar-refractivity contribution in [1.82, 2.24) is 0 Å². The van der Waals surface area contributed by atoms with E-state index in [1.54, 1.807) is 14.0 Å². The van der Waals surface area contributed by atoms with E-state index in [9.17, 15) is 10.1 Å². The zero-order valence-corrected chi connectivity index (χ0v) is 14.6. The monoisotopic (exact) mass is 317 g/mol. The molecule has 4 heteroatoms. The maximum atomic E-state index is 12.5. The van der Waals surface area contributed by atoms with Crippen LogP contribution in [0.25, 0.3) is 0 Å². The molecule has 0 fully saturated rings. The fourth-order valence-electron chi connectivity index (χ4n) is 3.11. The van der Waals surface area contributed by atoms with Gasteiger partial charge in [0.1, 0.15) is 5.75 Å². The van der Waals surface area contributed by atoms with Crippen LogP contribution in [0, 0.1) is 17.2 Å². The van der Waals surface area contributed by atoms with Crippen molar-refractivity contribution in [2.75, 3.05) is 13.7 Å². The van der Waals surface area contributed by atoms with Crippen molar-refractivity contribution in [2.24, 2.45) is 5.92 Å². The van der Waals surface area contributed by atoms with Gasteiger partial charge in [-0.1, -0.05) is 38.8 Å². The van der Waals surface area contributed by atoms with Crippen molar-refractivity contribution in [2.45, 2.75) is 51.9 Å². The zero-order chi connectivity index (χ0) is 17.3. The Labute approximate surface area is 139 Å². The Hall–Kier alpha value is -2.02. The molecule has 0 N–H and O–H groups in total. The van der Waals surface area contributed by atoms with Crippen LogP contribution in [-0.2, 0) is 14.9 Å². The second-order valence-electron chi connectivity index (χ2n) is 5.66. The zero-order valence-electron chi connectivity index (χ0n) is 14.6. The van der Waals surface area contributed by atoms with E-state index in [2.05, 4.69) is 6.07 Å². The van der Waals surface area contributed by atoms with Gasteiger partial charge in [-0.3, -0.25) is 4.79 Å². The molecule has 0 aliphatic rings. The third-order valence-electron chi connectivity index (χ3n) is 4.17. The van der Waals surface area contributed by atoms with Crippen molar-refractivity contribution in [1.29, 1.82) is 5.26 Å². The fourth-order valence-corrected chi connectivity index (χ4v) is 3.11. The number of esters is 1. The van der Waals surface area contributed by atoms with Crippen LogP contribution in [0.2, 0.25) is 0 Å². The molecule has 0 radical (unpaired) electrons. The van der Waals surface area contributed by atoms with Gasteiger partial charge in [0.2, 0.25) is 0 Å². The number of methoxy groups -OCH3 is 1. The van der Waals surface area contributed by atoms with Crippen molar-refractivity contribution in [3.63, 3.8) is 0 Å². The van der Waals surface area contributed by atoms with Crippen LogP contribution >= 0.6 is 0 Å². The van der Waals surface area contributed by atoms with E-state index < -0.39 is 11.3 Å². The third kappa shape index (κ3) is 4.25. The highest BCUT2D eigenvalue weighted by Gasteiger charge is 2.44. The minimum Gasteiger partial charge on any atom is -0.497 e. The second kappa shape index (κ2) is 9.19. The number of hydrogen-bond donors (Lipinski definition) is 0. The Morgan fingerprint density at radius 3 is 2.57 bits per heavy atom. The van der Waals surface area contributed by atoms with E-state index >= 15 is 0 Å². The number of benzene rings is 1. The summed E-state index contributed by atoms with van der Waals surface area (Å²) in [5.41, 5.74) is -0.0568. The lowest BCUT2D eigenvalue weighted by Crippen LogP contribution is -2.40. The van der Waals surface area contributed by atoms with E-state index in [-0.39, 0.29) is 5.97 Å². The number of carbonyl (C=O) groups is 1. The molecule has 0 saturated carbocycles. The summed E-state index contributed by atoms with van der Waals surface area (Å²) in [6.07, 6.45) is 2.87. The number of nitriles is 1. The predicted octanol–water partition coefficient (Wildman–Crippen LogP) is 4.24. The number of carbonyl (C=O) groups excluding carboxylic acids is 1. The quantitative estimate of drug-likeness (QED) is 0.639. The highest BCUT2D eigenvalue weighted by molar-refractivity contribution is 5.76. The number of ether oxygens (including phenoxy) is 2. The van der Waals surface area contributed by atoms with Gasteiger partial charge >= 0.3 is 5.97 Å². The van der Waals surface area contributed by atoms with Gasteiger partial charge in [-0.15, -0.1) is 0 Å². The standard InChI is InChI=1S/C19H27NO3/c1-5-9-17(18(21)23-7-3)19(14-20,12-6-2)15-10-8-11-16(13-15)22-4/h8,10-11,13,17H,5-7,9,12H2,1-4H3/t17-,19-/m0/s1. The van der Waals surface area contributed by atoms with Crippen molar-refractivity contribution in [3.05, 3.63) is 29.8 Å². The molecule has 0 amide bonds. The number of nitrogens with zero attached hydrogens (tertiary/aromatic N) is 1. The third-order valence-corrected chi connectivity index (χ3v) is 4.17. The highest BCUT2D eigenvalue weighted by Crippen LogP contribution is 2.41. The highest BCUT2D eigenvalue weighted by atomic mass is 16.5. The first kappa shape index (κ1) is 19.0. The maximum Gasteiger partial charge on any atom is 0.310 e. The van der Waals surface area contributed by atoms with E-state index in [1.165, 1.54) is 0 Å². The van der Waals surface area contributed by atoms with E-state index in [1.807, 2.05) is 38.1 Å². The lowest BCUT2D eigenvalue weighted by atomic mass is 9.67. The smallest absolute Gasteiger partial charge is 0.310 e. The van der Waals surface area contributed by atoms with Crippen molar-refractivity contribution in [3.8, 4) is 11.8 Å². The van der Waals surface area contributed by atoms with Crippen LogP contribution in [0.3, 0.4) is 0 Å². The molecule has 1 aromatic rings. The molecule has 2 atom stereocenters. The van der Waals surface area contributed by atoms with Gasteiger partial charge in [-0.25, -0.2) is 0 Å². The maximum absolute atomic E-state index is 12.5. The van der Waals surface area contributed by atoms with Gasteiger partial charge in [0.25, 0.3) is 0 Å². The fraction of sp³-hybridized carbons (Fsp3) is 0.579. The Kier molecular flexibility index (Phi) is 7.61. The van der Waals surface area contributed by atoms with Gasteiger partial charge in [-0.05, 0) is 37.5 Å². The Bertz CT molecular complexity index is 550. The van der Waals surface area contributed by atoms with Crippen LogP contribution in [0.5, 0.6) is 5.75 Å². The molecule has 1 rings (SSSR count). The van der Waals surface area contributed by atoms with Crippen molar-refractivity contribution >= 4 is 5.97 Å². The molecule has 4 nitrogen and oxygen atoms in total. The van der Waals surface area contributed by atoms with Crippen LogP contribution in [0.15, 0.2) is 24.3 Å². The van der Waals surface area contributed by atoms with Crippen molar-refractivity contribution < 1.29 is 14.3 Å². The molecule has 126 valence electrons. The molecular formula is C19H27NO3. The largest absolute Gasteiger partial charge is 0.497 e. The summed E-state index contributed by atoms with van der Waals surface area (Å²) in [5, 5.41) is 10.0.